The van der Waals surface area contributed by atoms with Crippen LogP contribution in [0.25, 0.3) is 0 Å². The topological polar surface area (TPSA) is 0 Å². The molecule has 1 atom stereocenters. The summed E-state index contributed by atoms with van der Waals surface area (Å²) in [7, 11) is 0. The van der Waals surface area contributed by atoms with Gasteiger partial charge in [-0.3, -0.25) is 0 Å². The second-order valence-electron chi connectivity index (χ2n) is 2.08. The summed E-state index contributed by atoms with van der Waals surface area (Å²) < 4.78 is 0. The minimum absolute atomic E-state index is 0.813. The number of hydrogen-bond donors (Lipinski definition) is 1. The molecule has 0 rings (SSSR count). The average molecular weight is 118 g/mol. The van der Waals surface area contributed by atoms with Gasteiger partial charge in [-0.05, 0) is 11.7 Å². The molecule has 0 saturated carbocycles. The molecule has 0 aromatic heterocycles. The predicted molar refractivity (Wildman–Crippen MR) is 37.9 cm³/mol. The van der Waals surface area contributed by atoms with Crippen molar-refractivity contribution in [1.82, 2.24) is 0 Å². The van der Waals surface area contributed by atoms with Gasteiger partial charge < -0.3 is 0 Å². The monoisotopic (exact) mass is 118 g/mol. The van der Waals surface area contributed by atoms with Crippen LogP contribution in [0.15, 0.2) is 0 Å². The first-order chi connectivity index (χ1) is 3.31. The lowest BCUT2D eigenvalue weighted by Gasteiger charge is -2.01. The van der Waals surface area contributed by atoms with Crippen molar-refractivity contribution in [3.8, 4) is 0 Å². The Balaban J connectivity index is 2.83. The third-order valence-electron chi connectivity index (χ3n) is 1.09. The van der Waals surface area contributed by atoms with Gasteiger partial charge in [0, 0.05) is 0 Å². The van der Waals surface area contributed by atoms with Crippen molar-refractivity contribution in [3.05, 3.63) is 0 Å². The standard InChI is InChI=1S/C6H14S/c1-3-4-6(2)5-7/h6-7H,3-5H2,1-2H3. The summed E-state index contributed by atoms with van der Waals surface area (Å²) in [5.74, 6) is 1.85. The van der Waals surface area contributed by atoms with Crippen LogP contribution in [0.2, 0.25) is 0 Å². The Morgan fingerprint density at radius 1 is 1.57 bits per heavy atom. The average Bonchev–Trinajstić information content (AvgIpc) is 1.68. The van der Waals surface area contributed by atoms with Crippen LogP contribution in [0, 0.1) is 5.92 Å². The van der Waals surface area contributed by atoms with E-state index in [0.717, 1.165) is 11.7 Å². The molecule has 0 aliphatic heterocycles. The first kappa shape index (κ1) is 7.35. The van der Waals surface area contributed by atoms with Crippen molar-refractivity contribution in [2.45, 2.75) is 26.7 Å². The van der Waals surface area contributed by atoms with Crippen LogP contribution in [0.1, 0.15) is 26.7 Å². The lowest BCUT2D eigenvalue weighted by Crippen LogP contribution is -1.93. The summed E-state index contributed by atoms with van der Waals surface area (Å²) in [5.41, 5.74) is 0. The molecular weight excluding hydrogens is 104 g/mol. The summed E-state index contributed by atoms with van der Waals surface area (Å²) in [6.45, 7) is 4.44. The normalized spacial score (nSPS) is 14.1. The van der Waals surface area contributed by atoms with E-state index in [1.807, 2.05) is 0 Å². The highest BCUT2D eigenvalue weighted by atomic mass is 32.1. The number of thiol groups is 1. The van der Waals surface area contributed by atoms with E-state index in [2.05, 4.69) is 26.5 Å². The highest BCUT2D eigenvalue weighted by molar-refractivity contribution is 7.80. The molecule has 0 heterocycles. The fraction of sp³-hybridized carbons (Fsp3) is 1.00. The first-order valence-electron chi connectivity index (χ1n) is 2.92. The quantitative estimate of drug-likeness (QED) is 0.540. The van der Waals surface area contributed by atoms with Gasteiger partial charge in [0.15, 0.2) is 0 Å². The van der Waals surface area contributed by atoms with Crippen molar-refractivity contribution in [1.29, 1.82) is 0 Å². The fourth-order valence-corrected chi connectivity index (χ4v) is 0.767. The van der Waals surface area contributed by atoms with Crippen LogP contribution >= 0.6 is 12.6 Å². The molecule has 7 heavy (non-hydrogen) atoms. The zero-order chi connectivity index (χ0) is 5.70. The molecule has 44 valence electrons. The molecule has 0 saturated heterocycles. The van der Waals surface area contributed by atoms with Crippen molar-refractivity contribution in [3.63, 3.8) is 0 Å². The third kappa shape index (κ3) is 4.20. The molecule has 0 amide bonds. The number of hydrogen-bond acceptors (Lipinski definition) is 1. The van der Waals surface area contributed by atoms with Gasteiger partial charge in [-0.25, -0.2) is 0 Å². The van der Waals surface area contributed by atoms with E-state index in [0.29, 0.717) is 0 Å². The Kier molecular flexibility index (Phi) is 4.73. The highest BCUT2D eigenvalue weighted by Gasteiger charge is 1.93. The minimum Gasteiger partial charge on any atom is -0.179 e. The summed E-state index contributed by atoms with van der Waals surface area (Å²) in [6, 6.07) is 0. The highest BCUT2D eigenvalue weighted by Crippen LogP contribution is 2.04. The van der Waals surface area contributed by atoms with Gasteiger partial charge in [0.1, 0.15) is 0 Å². The molecule has 0 bridgehead atoms. The van der Waals surface area contributed by atoms with Crippen LogP contribution in [0.4, 0.5) is 0 Å². The van der Waals surface area contributed by atoms with Crippen LogP contribution in [0.5, 0.6) is 0 Å². The maximum absolute atomic E-state index is 4.15. The van der Waals surface area contributed by atoms with Gasteiger partial charge in [0.2, 0.25) is 0 Å². The van der Waals surface area contributed by atoms with Crippen LogP contribution in [0.3, 0.4) is 0 Å². The van der Waals surface area contributed by atoms with Crippen LogP contribution in [-0.2, 0) is 0 Å². The summed E-state index contributed by atoms with van der Waals surface area (Å²) in [5, 5.41) is 0. The second-order valence-corrected chi connectivity index (χ2v) is 2.44. The predicted octanol–water partition coefficient (Wildman–Crippen LogP) is 2.35. The Morgan fingerprint density at radius 3 is 2.29 bits per heavy atom. The molecule has 1 heteroatoms. The van der Waals surface area contributed by atoms with E-state index in [-0.39, 0.29) is 0 Å². The van der Waals surface area contributed by atoms with Crippen LogP contribution < -0.4 is 0 Å². The molecule has 0 nitrogen and oxygen atoms in total. The van der Waals surface area contributed by atoms with E-state index in [1.165, 1.54) is 12.8 Å². The minimum atomic E-state index is 0.813. The van der Waals surface area contributed by atoms with E-state index >= 15 is 0 Å². The molecule has 0 aliphatic carbocycles. The zero-order valence-corrected chi connectivity index (χ0v) is 6.04. The molecule has 0 N–H and O–H groups in total. The van der Waals surface area contributed by atoms with Gasteiger partial charge >= 0.3 is 0 Å². The smallest absolute Gasteiger partial charge is 0.00721 e. The second kappa shape index (κ2) is 4.51. The molecule has 0 aliphatic rings. The maximum Gasteiger partial charge on any atom is -0.00721 e. The van der Waals surface area contributed by atoms with Crippen molar-refractivity contribution >= 4 is 12.6 Å². The summed E-state index contributed by atoms with van der Waals surface area (Å²) in [6.07, 6.45) is 2.62. The molecule has 0 fully saturated rings. The molecular formula is C6H14S. The summed E-state index contributed by atoms with van der Waals surface area (Å²) >= 11 is 4.15. The van der Waals surface area contributed by atoms with Gasteiger partial charge in [0.05, 0.1) is 0 Å². The lowest BCUT2D eigenvalue weighted by molar-refractivity contribution is 0.586. The van der Waals surface area contributed by atoms with E-state index in [4.69, 9.17) is 0 Å². The molecule has 0 spiro atoms. The van der Waals surface area contributed by atoms with Gasteiger partial charge in [-0.15, -0.1) is 0 Å². The molecule has 1 unspecified atom stereocenters. The van der Waals surface area contributed by atoms with Crippen molar-refractivity contribution in [2.24, 2.45) is 5.92 Å². The lowest BCUT2D eigenvalue weighted by atomic mass is 10.1. The van der Waals surface area contributed by atoms with Gasteiger partial charge in [-0.1, -0.05) is 26.7 Å². The number of rotatable bonds is 3. The van der Waals surface area contributed by atoms with Crippen molar-refractivity contribution < 1.29 is 0 Å². The Labute approximate surface area is 51.7 Å². The Morgan fingerprint density at radius 2 is 2.14 bits per heavy atom. The third-order valence-corrected chi connectivity index (χ3v) is 1.72. The Bertz CT molecular complexity index is 35.2. The molecule has 0 aromatic carbocycles. The Hall–Kier alpha value is 0.350. The van der Waals surface area contributed by atoms with Gasteiger partial charge in [0.25, 0.3) is 0 Å². The van der Waals surface area contributed by atoms with E-state index < -0.39 is 0 Å². The summed E-state index contributed by atoms with van der Waals surface area (Å²) in [4.78, 5) is 0. The molecule has 0 aromatic rings. The first-order valence-corrected chi connectivity index (χ1v) is 3.55. The largest absolute Gasteiger partial charge is 0.179 e. The molecule has 0 radical (unpaired) electrons. The van der Waals surface area contributed by atoms with E-state index in [1.54, 1.807) is 0 Å². The SMILES string of the molecule is CCCC(C)CS. The van der Waals surface area contributed by atoms with Crippen molar-refractivity contribution in [2.75, 3.05) is 5.75 Å². The van der Waals surface area contributed by atoms with E-state index in [9.17, 15) is 0 Å². The zero-order valence-electron chi connectivity index (χ0n) is 5.15. The van der Waals surface area contributed by atoms with Gasteiger partial charge in [-0.2, -0.15) is 12.6 Å². The van der Waals surface area contributed by atoms with Crippen LogP contribution in [-0.4, -0.2) is 5.75 Å². The maximum atomic E-state index is 4.15. The fourth-order valence-electron chi connectivity index (χ4n) is 0.584.